The van der Waals surface area contributed by atoms with Gasteiger partial charge in [-0.3, -0.25) is 10.1 Å². The summed E-state index contributed by atoms with van der Waals surface area (Å²) in [5.41, 5.74) is -0.0502. The van der Waals surface area contributed by atoms with Crippen molar-refractivity contribution in [3.8, 4) is 0 Å². The molecule has 6 nitrogen and oxygen atoms in total. The lowest BCUT2D eigenvalue weighted by molar-refractivity contribution is -0.384. The molecule has 1 rings (SSSR count). The van der Waals surface area contributed by atoms with Crippen molar-refractivity contribution in [2.24, 2.45) is 0 Å². The Bertz CT molecular complexity index is 460. The number of pyridine rings is 1. The second-order valence-electron chi connectivity index (χ2n) is 5.08. The second-order valence-corrected chi connectivity index (χ2v) is 5.08. The van der Waals surface area contributed by atoms with Gasteiger partial charge >= 0.3 is 0 Å². The minimum atomic E-state index is -0.390. The van der Waals surface area contributed by atoms with Crippen LogP contribution in [0.5, 0.6) is 0 Å². The van der Waals surface area contributed by atoms with Crippen LogP contribution >= 0.6 is 0 Å². The summed E-state index contributed by atoms with van der Waals surface area (Å²) in [6.45, 7) is 8.86. The average Bonchev–Trinajstić information content (AvgIpc) is 2.37. The second kappa shape index (κ2) is 5.86. The third-order valence-corrected chi connectivity index (χ3v) is 3.48. The number of hydrogen-bond donors (Lipinski definition) is 1. The minimum Gasteiger partial charge on any atom is -0.370 e. The molecule has 19 heavy (non-hydrogen) atoms. The molecule has 0 fully saturated rings. The molecule has 0 radical (unpaired) electrons. The maximum Gasteiger partial charge on any atom is 0.276 e. The predicted octanol–water partition coefficient (Wildman–Crippen LogP) is 3.05. The van der Waals surface area contributed by atoms with E-state index < -0.39 is 4.92 Å². The standard InChI is InChI=1S/C13H22N4O2/c1-6-13(3,4)16(5)12-9-10(17(18)19)8-11(15-12)14-7-2/h8-9H,6-7H2,1-5H3,(H,14,15). The summed E-state index contributed by atoms with van der Waals surface area (Å²) in [7, 11) is 1.91. The number of rotatable bonds is 6. The van der Waals surface area contributed by atoms with E-state index in [4.69, 9.17) is 0 Å². The molecular formula is C13H22N4O2. The fourth-order valence-corrected chi connectivity index (χ4v) is 1.60. The lowest BCUT2D eigenvalue weighted by atomic mass is 10.00. The first-order valence-corrected chi connectivity index (χ1v) is 6.46. The van der Waals surface area contributed by atoms with Crippen LogP contribution in [0, 0.1) is 10.1 Å². The molecule has 1 N–H and O–H groups in total. The zero-order valence-corrected chi connectivity index (χ0v) is 12.2. The number of aromatic nitrogens is 1. The molecule has 0 aliphatic rings. The van der Waals surface area contributed by atoms with Crippen LogP contribution in [0.2, 0.25) is 0 Å². The summed E-state index contributed by atoms with van der Waals surface area (Å²) in [6.07, 6.45) is 0.921. The van der Waals surface area contributed by atoms with E-state index in [9.17, 15) is 10.1 Å². The lowest BCUT2D eigenvalue weighted by Gasteiger charge is -2.35. The van der Waals surface area contributed by atoms with Crippen LogP contribution < -0.4 is 10.2 Å². The predicted molar refractivity (Wildman–Crippen MR) is 77.8 cm³/mol. The molecule has 0 bridgehead atoms. The summed E-state index contributed by atoms with van der Waals surface area (Å²) in [6, 6.07) is 2.97. The summed E-state index contributed by atoms with van der Waals surface area (Å²) < 4.78 is 0. The summed E-state index contributed by atoms with van der Waals surface area (Å²) >= 11 is 0. The Labute approximate surface area is 114 Å². The Hall–Kier alpha value is -1.85. The van der Waals surface area contributed by atoms with Gasteiger partial charge < -0.3 is 10.2 Å². The van der Waals surface area contributed by atoms with Gasteiger partial charge in [0.1, 0.15) is 11.6 Å². The van der Waals surface area contributed by atoms with E-state index in [1.54, 1.807) is 0 Å². The largest absolute Gasteiger partial charge is 0.370 e. The van der Waals surface area contributed by atoms with Gasteiger partial charge in [-0.2, -0.15) is 0 Å². The van der Waals surface area contributed by atoms with E-state index in [-0.39, 0.29) is 11.2 Å². The maximum atomic E-state index is 11.0. The topological polar surface area (TPSA) is 71.3 Å². The van der Waals surface area contributed by atoms with Crippen molar-refractivity contribution < 1.29 is 4.92 Å². The third kappa shape index (κ3) is 3.56. The highest BCUT2D eigenvalue weighted by Gasteiger charge is 2.24. The van der Waals surface area contributed by atoms with Crippen molar-refractivity contribution >= 4 is 17.3 Å². The van der Waals surface area contributed by atoms with Crippen LogP contribution in [0.1, 0.15) is 34.1 Å². The van der Waals surface area contributed by atoms with Crippen LogP contribution in [-0.4, -0.2) is 29.0 Å². The Morgan fingerprint density at radius 3 is 2.53 bits per heavy atom. The van der Waals surface area contributed by atoms with E-state index in [0.29, 0.717) is 18.2 Å². The van der Waals surface area contributed by atoms with E-state index in [2.05, 4.69) is 31.1 Å². The Balaban J connectivity index is 3.22. The minimum absolute atomic E-state index is 0.0553. The molecule has 0 saturated carbocycles. The van der Waals surface area contributed by atoms with Crippen LogP contribution in [0.25, 0.3) is 0 Å². The first kappa shape index (κ1) is 15.2. The molecule has 1 aromatic heterocycles. The van der Waals surface area contributed by atoms with Crippen LogP contribution in [-0.2, 0) is 0 Å². The van der Waals surface area contributed by atoms with Crippen molar-refractivity contribution in [3.05, 3.63) is 22.2 Å². The van der Waals surface area contributed by atoms with Crippen molar-refractivity contribution in [2.75, 3.05) is 23.8 Å². The molecule has 1 heterocycles. The van der Waals surface area contributed by atoms with Gasteiger partial charge in [-0.1, -0.05) is 6.92 Å². The first-order chi connectivity index (χ1) is 8.81. The molecule has 106 valence electrons. The molecule has 0 atom stereocenters. The monoisotopic (exact) mass is 266 g/mol. The number of nitrogens with one attached hydrogen (secondary N) is 1. The number of anilines is 2. The highest BCUT2D eigenvalue weighted by atomic mass is 16.6. The number of hydrogen-bond acceptors (Lipinski definition) is 5. The average molecular weight is 266 g/mol. The van der Waals surface area contributed by atoms with E-state index in [1.807, 2.05) is 18.9 Å². The van der Waals surface area contributed by atoms with Crippen molar-refractivity contribution in [1.29, 1.82) is 0 Å². The summed E-state index contributed by atoms with van der Waals surface area (Å²) in [4.78, 5) is 17.0. The van der Waals surface area contributed by atoms with Crippen LogP contribution in [0.3, 0.4) is 0 Å². The first-order valence-electron chi connectivity index (χ1n) is 6.46. The molecule has 0 unspecified atom stereocenters. The van der Waals surface area contributed by atoms with E-state index >= 15 is 0 Å². The van der Waals surface area contributed by atoms with Crippen molar-refractivity contribution in [3.63, 3.8) is 0 Å². The molecule has 0 saturated heterocycles. The van der Waals surface area contributed by atoms with Gasteiger partial charge in [0, 0.05) is 19.1 Å². The Morgan fingerprint density at radius 2 is 2.05 bits per heavy atom. The zero-order chi connectivity index (χ0) is 14.6. The highest BCUT2D eigenvalue weighted by molar-refractivity contribution is 5.56. The molecule has 1 aromatic rings. The molecule has 0 aliphatic heterocycles. The fourth-order valence-electron chi connectivity index (χ4n) is 1.60. The molecule has 0 spiro atoms. The van der Waals surface area contributed by atoms with Gasteiger partial charge in [0.05, 0.1) is 17.1 Å². The van der Waals surface area contributed by atoms with Crippen LogP contribution in [0.4, 0.5) is 17.3 Å². The normalized spacial score (nSPS) is 11.2. The van der Waals surface area contributed by atoms with E-state index in [0.717, 1.165) is 6.42 Å². The molecule has 0 aliphatic carbocycles. The molecular weight excluding hydrogens is 244 g/mol. The lowest BCUT2D eigenvalue weighted by Crippen LogP contribution is -2.41. The van der Waals surface area contributed by atoms with Gasteiger partial charge in [0.2, 0.25) is 0 Å². The quantitative estimate of drug-likeness (QED) is 0.633. The van der Waals surface area contributed by atoms with Crippen molar-refractivity contribution in [1.82, 2.24) is 4.98 Å². The van der Waals surface area contributed by atoms with Gasteiger partial charge in [0.15, 0.2) is 0 Å². The van der Waals surface area contributed by atoms with Crippen molar-refractivity contribution in [2.45, 2.75) is 39.7 Å². The highest BCUT2D eigenvalue weighted by Crippen LogP contribution is 2.28. The SMILES string of the molecule is CCNc1cc([N+](=O)[O-])cc(N(C)C(C)(C)CC)n1. The van der Waals surface area contributed by atoms with Gasteiger partial charge in [0.25, 0.3) is 5.69 Å². The van der Waals surface area contributed by atoms with E-state index in [1.165, 1.54) is 12.1 Å². The smallest absolute Gasteiger partial charge is 0.276 e. The Morgan fingerprint density at radius 1 is 1.42 bits per heavy atom. The molecule has 6 heteroatoms. The summed E-state index contributed by atoms with van der Waals surface area (Å²) in [5.74, 6) is 1.14. The molecule has 0 amide bonds. The van der Waals surface area contributed by atoms with Gasteiger partial charge in [-0.15, -0.1) is 0 Å². The fraction of sp³-hybridized carbons (Fsp3) is 0.615. The van der Waals surface area contributed by atoms with Crippen LogP contribution in [0.15, 0.2) is 12.1 Å². The third-order valence-electron chi connectivity index (χ3n) is 3.48. The number of nitro groups is 1. The van der Waals surface area contributed by atoms with Gasteiger partial charge in [-0.05, 0) is 27.2 Å². The Kier molecular flexibility index (Phi) is 4.69. The zero-order valence-electron chi connectivity index (χ0n) is 12.2. The molecule has 0 aromatic carbocycles. The summed E-state index contributed by atoms with van der Waals surface area (Å²) in [5, 5.41) is 14.0. The maximum absolute atomic E-state index is 11.0. The van der Waals surface area contributed by atoms with Gasteiger partial charge in [-0.25, -0.2) is 4.98 Å². The number of nitrogens with zero attached hydrogens (tertiary/aromatic N) is 3.